The first-order valence-corrected chi connectivity index (χ1v) is 11.8. The van der Waals surface area contributed by atoms with E-state index in [2.05, 4.69) is 37.2 Å². The lowest BCUT2D eigenvalue weighted by Gasteiger charge is -2.22. The minimum atomic E-state index is -1.27. The van der Waals surface area contributed by atoms with Crippen molar-refractivity contribution < 1.29 is 38.1 Å². The van der Waals surface area contributed by atoms with E-state index in [4.69, 9.17) is 20.7 Å². The van der Waals surface area contributed by atoms with E-state index in [1.807, 2.05) is 0 Å². The molecule has 0 saturated carbocycles. The monoisotopic (exact) mass is 638 g/mol. The molecule has 0 heterocycles. The minimum Gasteiger partial charge on any atom is -0.480 e. The van der Waals surface area contributed by atoms with E-state index >= 15 is 0 Å². The van der Waals surface area contributed by atoms with E-state index in [0.29, 0.717) is 14.5 Å². The summed E-state index contributed by atoms with van der Waals surface area (Å²) >= 11 is 6.22. The molecule has 2 rings (SSSR count). The van der Waals surface area contributed by atoms with Gasteiger partial charge in [0.15, 0.2) is 0 Å². The summed E-state index contributed by atoms with van der Waals surface area (Å²) in [5.74, 6) is -3.38. The van der Waals surface area contributed by atoms with Crippen LogP contribution in [0.25, 0.3) is 0 Å². The topological polar surface area (TPSA) is 139 Å². The number of carboxylic acid groups (broad SMARTS) is 2. The van der Waals surface area contributed by atoms with Gasteiger partial charge in [0.05, 0.1) is 0 Å². The first kappa shape index (κ1) is 33.4. The molecule has 2 atom stereocenters. The molecule has 5 N–H and O–H groups in total. The number of alkyl carbamates (subject to hydrolysis) is 1. The average Bonchev–Trinajstić information content (AvgIpc) is 2.70. The first-order chi connectivity index (χ1) is 16.1. The fourth-order valence-electron chi connectivity index (χ4n) is 2.57. The van der Waals surface area contributed by atoms with Crippen LogP contribution in [0.3, 0.4) is 0 Å². The van der Waals surface area contributed by atoms with Gasteiger partial charge in [0.25, 0.3) is 0 Å². The molecule has 200 valence electrons. The van der Waals surface area contributed by atoms with Crippen LogP contribution in [0.1, 0.15) is 39.3 Å². The zero-order chi connectivity index (χ0) is 26.9. The van der Waals surface area contributed by atoms with Crippen LogP contribution in [-0.4, -0.2) is 45.9 Å². The van der Waals surface area contributed by atoms with Gasteiger partial charge in [-0.15, -0.1) is 0 Å². The number of aliphatic carboxylic acids is 2. The Labute approximate surface area is 225 Å². The molecule has 8 nitrogen and oxygen atoms in total. The van der Waals surface area contributed by atoms with Gasteiger partial charge < -0.3 is 26.0 Å². The third kappa shape index (κ3) is 12.4. The molecule has 0 aliphatic rings. The molecule has 1 amide bonds. The molecule has 36 heavy (non-hydrogen) atoms. The Morgan fingerprint density at radius 2 is 1.39 bits per heavy atom. The lowest BCUT2D eigenvalue weighted by molar-refractivity contribution is -0.140. The van der Waals surface area contributed by atoms with Crippen LogP contribution in [0, 0.1) is 11.6 Å². The van der Waals surface area contributed by atoms with Crippen molar-refractivity contribution in [3.05, 3.63) is 68.1 Å². The van der Waals surface area contributed by atoms with Crippen molar-refractivity contribution in [1.82, 2.24) is 5.32 Å². The van der Waals surface area contributed by atoms with Crippen molar-refractivity contribution in [3.8, 4) is 0 Å². The second-order valence-electron chi connectivity index (χ2n) is 8.36. The van der Waals surface area contributed by atoms with E-state index in [0.717, 1.165) is 0 Å². The predicted octanol–water partition coefficient (Wildman–Crippen LogP) is 5.29. The molecule has 12 heteroatoms. The highest BCUT2D eigenvalue weighted by Gasteiger charge is 2.25. The van der Waals surface area contributed by atoms with E-state index in [9.17, 15) is 23.2 Å². The molecular formula is C24H30Br2F2N2O6. The third-order valence-corrected chi connectivity index (χ3v) is 5.19. The summed E-state index contributed by atoms with van der Waals surface area (Å²) in [7, 11) is 0. The number of carboxylic acids is 2. The maximum atomic E-state index is 13.7. The van der Waals surface area contributed by atoms with Gasteiger partial charge in [-0.2, -0.15) is 0 Å². The average molecular weight is 640 g/mol. The molecular weight excluding hydrogens is 610 g/mol. The normalized spacial score (nSPS) is 12.2. The number of carbonyl (C=O) groups excluding carboxylic acids is 1. The summed E-state index contributed by atoms with van der Waals surface area (Å²) in [6.07, 6.45) is -1.03. The van der Waals surface area contributed by atoms with Gasteiger partial charge in [0, 0.05) is 21.8 Å². The number of nitrogens with two attached hydrogens (primary N) is 1. The molecule has 0 aliphatic heterocycles. The van der Waals surface area contributed by atoms with Crippen molar-refractivity contribution >= 4 is 49.9 Å². The van der Waals surface area contributed by atoms with Gasteiger partial charge in [0.2, 0.25) is 0 Å². The number of nitrogens with one attached hydrogen (secondary N) is 1. The number of halogens is 4. The number of rotatable bonds is 7. The summed E-state index contributed by atoms with van der Waals surface area (Å²) in [5.41, 5.74) is 5.04. The molecule has 0 unspecified atom stereocenters. The van der Waals surface area contributed by atoms with Gasteiger partial charge in [-0.05, 0) is 56.2 Å². The second kappa shape index (κ2) is 14.9. The van der Waals surface area contributed by atoms with Gasteiger partial charge >= 0.3 is 18.0 Å². The standard InChI is InChI=1S/C14H17BrFNO4.C9H9BrFNO2.CH4/c1-14(2,3)21-13(20)17-11(12(18)19)6-8-4-5-9(15)7-10(8)16;10-6-2-1-5(7(11)4-6)3-8(12)9(13)14;/h4-5,7,11H,6H2,1-3H3,(H,17,20)(H,18,19);1-2,4,8H,3,12H2,(H,13,14);1H4/t11-;8-;/m00./s1. The van der Waals surface area contributed by atoms with Crippen LogP contribution in [0.2, 0.25) is 0 Å². The Bertz CT molecular complexity index is 1060. The molecule has 2 aromatic carbocycles. The van der Waals surface area contributed by atoms with E-state index in [-0.39, 0.29) is 25.8 Å². The summed E-state index contributed by atoms with van der Waals surface area (Å²) in [5, 5.41) is 19.9. The highest BCUT2D eigenvalue weighted by molar-refractivity contribution is 9.10. The lowest BCUT2D eigenvalue weighted by Crippen LogP contribution is -2.44. The Hall–Kier alpha value is -2.57. The molecule has 2 aromatic rings. The fourth-order valence-corrected chi connectivity index (χ4v) is 3.23. The fraction of sp³-hybridized carbons (Fsp3) is 0.375. The predicted molar refractivity (Wildman–Crippen MR) is 139 cm³/mol. The van der Waals surface area contributed by atoms with E-state index in [1.54, 1.807) is 32.9 Å². The summed E-state index contributed by atoms with van der Waals surface area (Å²) in [6, 6.07) is 6.42. The number of ether oxygens (including phenoxy) is 1. The van der Waals surface area contributed by atoms with Gasteiger partial charge in [-0.25, -0.2) is 18.4 Å². The summed E-state index contributed by atoms with van der Waals surface area (Å²) in [4.78, 5) is 33.2. The Morgan fingerprint density at radius 3 is 1.75 bits per heavy atom. The number of carbonyl (C=O) groups is 3. The zero-order valence-electron chi connectivity index (χ0n) is 19.1. The summed E-state index contributed by atoms with van der Waals surface area (Å²) < 4.78 is 33.1. The maximum Gasteiger partial charge on any atom is 0.408 e. The third-order valence-electron chi connectivity index (χ3n) is 4.20. The lowest BCUT2D eigenvalue weighted by atomic mass is 10.1. The highest BCUT2D eigenvalue weighted by Crippen LogP contribution is 2.18. The molecule has 0 saturated heterocycles. The number of hydrogen-bond acceptors (Lipinski definition) is 5. The zero-order valence-corrected chi connectivity index (χ0v) is 22.3. The van der Waals surface area contributed by atoms with Crippen molar-refractivity contribution in [3.63, 3.8) is 0 Å². The molecule has 0 bridgehead atoms. The van der Waals surface area contributed by atoms with Crippen LogP contribution in [0.15, 0.2) is 45.3 Å². The quantitative estimate of drug-likeness (QED) is 0.323. The Balaban J connectivity index is 0.000000713. The van der Waals surface area contributed by atoms with Crippen LogP contribution in [0.4, 0.5) is 13.6 Å². The van der Waals surface area contributed by atoms with Crippen molar-refractivity contribution in [1.29, 1.82) is 0 Å². The van der Waals surface area contributed by atoms with E-state index < -0.39 is 47.4 Å². The van der Waals surface area contributed by atoms with Gasteiger partial charge in [-0.1, -0.05) is 51.4 Å². The largest absolute Gasteiger partial charge is 0.480 e. The molecule has 0 aliphatic carbocycles. The van der Waals surface area contributed by atoms with Gasteiger partial charge in [-0.3, -0.25) is 4.79 Å². The maximum absolute atomic E-state index is 13.7. The van der Waals surface area contributed by atoms with Crippen LogP contribution in [-0.2, 0) is 27.2 Å². The molecule has 0 spiro atoms. The van der Waals surface area contributed by atoms with Crippen LogP contribution < -0.4 is 11.1 Å². The smallest absolute Gasteiger partial charge is 0.408 e. The Kier molecular flexibility index (Phi) is 13.8. The number of amides is 1. The number of benzene rings is 2. The van der Waals surface area contributed by atoms with Crippen LogP contribution in [0.5, 0.6) is 0 Å². The molecule has 0 radical (unpaired) electrons. The Morgan fingerprint density at radius 1 is 0.944 bits per heavy atom. The SMILES string of the molecule is C.CC(C)(C)OC(=O)N[C@@H](Cc1ccc(Br)cc1F)C(=O)O.N[C@@H](Cc1ccc(Br)cc1F)C(=O)O. The highest BCUT2D eigenvalue weighted by atomic mass is 79.9. The number of hydrogen-bond donors (Lipinski definition) is 4. The summed E-state index contributed by atoms with van der Waals surface area (Å²) in [6.45, 7) is 4.99. The molecule has 0 fully saturated rings. The minimum absolute atomic E-state index is 0. The van der Waals surface area contributed by atoms with Crippen molar-refractivity contribution in [2.45, 2.75) is 58.7 Å². The first-order valence-electron chi connectivity index (χ1n) is 10.2. The van der Waals surface area contributed by atoms with Crippen molar-refractivity contribution in [2.24, 2.45) is 5.73 Å². The van der Waals surface area contributed by atoms with Gasteiger partial charge in [0.1, 0.15) is 29.3 Å². The second-order valence-corrected chi connectivity index (χ2v) is 10.2. The van der Waals surface area contributed by atoms with Crippen molar-refractivity contribution in [2.75, 3.05) is 0 Å². The molecule has 0 aromatic heterocycles. The van der Waals surface area contributed by atoms with E-state index in [1.165, 1.54) is 24.3 Å². The van der Waals surface area contributed by atoms with Crippen LogP contribution >= 0.6 is 31.9 Å².